The normalized spacial score (nSPS) is 12.0. The number of aromatic carboxylic acids is 1. The summed E-state index contributed by atoms with van der Waals surface area (Å²) in [6, 6.07) is 0.938. The summed E-state index contributed by atoms with van der Waals surface area (Å²) in [5.74, 6) is -1.28. The molecule has 90 valence electrons. The van der Waals surface area contributed by atoms with Gasteiger partial charge in [-0.2, -0.15) is 13.2 Å². The molecule has 0 aliphatic carbocycles. The van der Waals surface area contributed by atoms with Crippen LogP contribution in [0.4, 0.5) is 13.2 Å². The van der Waals surface area contributed by atoms with Crippen molar-refractivity contribution in [1.82, 2.24) is 9.38 Å². The molecule has 17 heavy (non-hydrogen) atoms. The van der Waals surface area contributed by atoms with E-state index in [4.69, 9.17) is 5.11 Å². The molecule has 0 radical (unpaired) electrons. The zero-order valence-corrected chi connectivity index (χ0v) is 8.62. The maximum atomic E-state index is 12.5. The van der Waals surface area contributed by atoms with E-state index in [2.05, 4.69) is 4.98 Å². The number of alkyl halides is 3. The first-order valence-corrected chi connectivity index (χ1v) is 4.59. The summed E-state index contributed by atoms with van der Waals surface area (Å²) in [6.45, 7) is 1.45. The van der Waals surface area contributed by atoms with Gasteiger partial charge in [0.1, 0.15) is 5.65 Å². The molecule has 0 unspecified atom stereocenters. The standard InChI is InChI=1S/C10H7F3N2O2/c1-5-2-6(10(11,12)13)3-15-4-7(9(16)17)14-8(5)15/h2-4H,1H3,(H,16,17). The van der Waals surface area contributed by atoms with Crippen molar-refractivity contribution in [3.05, 3.63) is 35.3 Å². The molecule has 0 aliphatic heterocycles. The molecular formula is C10H7F3N2O2. The lowest BCUT2D eigenvalue weighted by Crippen LogP contribution is -2.07. The predicted octanol–water partition coefficient (Wildman–Crippen LogP) is 2.36. The third kappa shape index (κ3) is 1.95. The molecule has 0 amide bonds. The Bertz CT molecular complexity index is 601. The minimum Gasteiger partial charge on any atom is -0.476 e. The SMILES string of the molecule is Cc1cc(C(F)(F)F)cn2cc(C(=O)O)nc12. The minimum absolute atomic E-state index is 0.204. The van der Waals surface area contributed by atoms with Crippen molar-refractivity contribution in [2.24, 2.45) is 0 Å². The molecule has 2 heterocycles. The number of hydrogen-bond donors (Lipinski definition) is 1. The fourth-order valence-corrected chi connectivity index (χ4v) is 1.53. The van der Waals surface area contributed by atoms with Crippen LogP contribution in [0.5, 0.6) is 0 Å². The summed E-state index contributed by atoms with van der Waals surface area (Å²) >= 11 is 0. The van der Waals surface area contributed by atoms with E-state index >= 15 is 0 Å². The summed E-state index contributed by atoms with van der Waals surface area (Å²) in [5.41, 5.74) is -0.646. The molecule has 0 atom stereocenters. The van der Waals surface area contributed by atoms with Gasteiger partial charge in [0.25, 0.3) is 0 Å². The first kappa shape index (κ1) is 11.4. The van der Waals surface area contributed by atoms with Crippen molar-refractivity contribution in [1.29, 1.82) is 0 Å². The second-order valence-corrected chi connectivity index (χ2v) is 3.57. The van der Waals surface area contributed by atoms with Crippen LogP contribution in [-0.2, 0) is 6.18 Å². The third-order valence-electron chi connectivity index (χ3n) is 2.28. The number of halogens is 3. The summed E-state index contributed by atoms with van der Waals surface area (Å²) in [6.07, 6.45) is -2.59. The third-order valence-corrected chi connectivity index (χ3v) is 2.28. The smallest absolute Gasteiger partial charge is 0.417 e. The van der Waals surface area contributed by atoms with Crippen LogP contribution >= 0.6 is 0 Å². The second-order valence-electron chi connectivity index (χ2n) is 3.57. The number of aromatic nitrogens is 2. The van der Waals surface area contributed by atoms with Crippen LogP contribution in [0.3, 0.4) is 0 Å². The monoisotopic (exact) mass is 244 g/mol. The summed E-state index contributed by atoms with van der Waals surface area (Å²) < 4.78 is 38.6. The maximum absolute atomic E-state index is 12.5. The van der Waals surface area contributed by atoms with Crippen LogP contribution in [0.25, 0.3) is 5.65 Å². The largest absolute Gasteiger partial charge is 0.476 e. The van der Waals surface area contributed by atoms with Crippen molar-refractivity contribution in [2.75, 3.05) is 0 Å². The first-order chi connectivity index (χ1) is 7.79. The van der Waals surface area contributed by atoms with Gasteiger partial charge in [-0.15, -0.1) is 0 Å². The second kappa shape index (κ2) is 3.47. The van der Waals surface area contributed by atoms with Gasteiger partial charge in [0, 0.05) is 12.4 Å². The Morgan fingerprint density at radius 1 is 1.41 bits per heavy atom. The van der Waals surface area contributed by atoms with E-state index in [-0.39, 0.29) is 16.9 Å². The number of imidazole rings is 1. The average Bonchev–Trinajstić information content (AvgIpc) is 2.60. The van der Waals surface area contributed by atoms with E-state index in [1.54, 1.807) is 0 Å². The van der Waals surface area contributed by atoms with E-state index < -0.39 is 17.7 Å². The lowest BCUT2D eigenvalue weighted by Gasteiger charge is -2.08. The number of carboxylic acids is 1. The Balaban J connectivity index is 2.69. The van der Waals surface area contributed by atoms with Gasteiger partial charge in [0.05, 0.1) is 5.56 Å². The molecule has 0 aliphatic rings. The fourth-order valence-electron chi connectivity index (χ4n) is 1.53. The Labute approximate surface area is 93.3 Å². The van der Waals surface area contributed by atoms with E-state index in [0.717, 1.165) is 22.9 Å². The number of rotatable bonds is 1. The molecule has 0 spiro atoms. The highest BCUT2D eigenvalue weighted by Crippen LogP contribution is 2.30. The zero-order chi connectivity index (χ0) is 12.8. The number of nitrogens with zero attached hydrogens (tertiary/aromatic N) is 2. The summed E-state index contributed by atoms with van der Waals surface area (Å²) in [4.78, 5) is 14.4. The molecule has 2 rings (SSSR count). The van der Waals surface area contributed by atoms with Gasteiger partial charge in [-0.25, -0.2) is 9.78 Å². The van der Waals surface area contributed by atoms with Gasteiger partial charge < -0.3 is 9.51 Å². The lowest BCUT2D eigenvalue weighted by molar-refractivity contribution is -0.137. The molecule has 0 saturated carbocycles. The number of carbonyl (C=O) groups is 1. The molecular weight excluding hydrogens is 237 g/mol. The van der Waals surface area contributed by atoms with Crippen LogP contribution in [0.2, 0.25) is 0 Å². The molecule has 1 N–H and O–H groups in total. The van der Waals surface area contributed by atoms with Crippen LogP contribution in [0, 0.1) is 6.92 Å². The quantitative estimate of drug-likeness (QED) is 0.837. The molecule has 2 aromatic heterocycles. The topological polar surface area (TPSA) is 54.6 Å². The van der Waals surface area contributed by atoms with Crippen molar-refractivity contribution in [3.63, 3.8) is 0 Å². The number of aryl methyl sites for hydroxylation is 1. The van der Waals surface area contributed by atoms with Gasteiger partial charge in [0.15, 0.2) is 5.69 Å². The summed E-state index contributed by atoms with van der Waals surface area (Å²) in [7, 11) is 0. The van der Waals surface area contributed by atoms with Crippen LogP contribution in [0.15, 0.2) is 18.5 Å². The van der Waals surface area contributed by atoms with Gasteiger partial charge in [-0.3, -0.25) is 0 Å². The first-order valence-electron chi connectivity index (χ1n) is 4.59. The molecule has 0 fully saturated rings. The van der Waals surface area contributed by atoms with Gasteiger partial charge in [-0.1, -0.05) is 0 Å². The van der Waals surface area contributed by atoms with Crippen molar-refractivity contribution in [2.45, 2.75) is 13.1 Å². The Hall–Kier alpha value is -2.05. The molecule has 4 nitrogen and oxygen atoms in total. The molecule has 0 saturated heterocycles. The lowest BCUT2D eigenvalue weighted by atomic mass is 10.2. The van der Waals surface area contributed by atoms with Crippen molar-refractivity contribution >= 4 is 11.6 Å². The van der Waals surface area contributed by atoms with E-state index in [9.17, 15) is 18.0 Å². The minimum atomic E-state index is -4.47. The predicted molar refractivity (Wildman–Crippen MR) is 51.9 cm³/mol. The van der Waals surface area contributed by atoms with Crippen LogP contribution in [-0.4, -0.2) is 20.5 Å². The molecule has 0 aromatic carbocycles. The van der Waals surface area contributed by atoms with Crippen LogP contribution < -0.4 is 0 Å². The van der Waals surface area contributed by atoms with Gasteiger partial charge in [0.2, 0.25) is 0 Å². The highest BCUT2D eigenvalue weighted by Gasteiger charge is 2.31. The Morgan fingerprint density at radius 3 is 2.59 bits per heavy atom. The number of carboxylic acid groups (broad SMARTS) is 1. The van der Waals surface area contributed by atoms with Gasteiger partial charge in [-0.05, 0) is 18.6 Å². The average molecular weight is 244 g/mol. The highest BCUT2D eigenvalue weighted by atomic mass is 19.4. The Morgan fingerprint density at radius 2 is 2.06 bits per heavy atom. The molecule has 7 heteroatoms. The summed E-state index contributed by atoms with van der Waals surface area (Å²) in [5, 5.41) is 8.71. The van der Waals surface area contributed by atoms with Crippen molar-refractivity contribution < 1.29 is 23.1 Å². The van der Waals surface area contributed by atoms with E-state index in [1.165, 1.54) is 6.92 Å². The number of fused-ring (bicyclic) bond motifs is 1. The molecule has 0 bridgehead atoms. The van der Waals surface area contributed by atoms with E-state index in [1.807, 2.05) is 0 Å². The molecule has 2 aromatic rings. The van der Waals surface area contributed by atoms with Crippen LogP contribution in [0.1, 0.15) is 21.6 Å². The zero-order valence-electron chi connectivity index (χ0n) is 8.62. The number of hydrogen-bond acceptors (Lipinski definition) is 2. The Kier molecular flexibility index (Phi) is 2.34. The van der Waals surface area contributed by atoms with Gasteiger partial charge >= 0.3 is 12.1 Å². The fraction of sp³-hybridized carbons (Fsp3) is 0.200. The van der Waals surface area contributed by atoms with E-state index in [0.29, 0.717) is 0 Å². The maximum Gasteiger partial charge on any atom is 0.417 e. The highest BCUT2D eigenvalue weighted by molar-refractivity contribution is 5.86. The van der Waals surface area contributed by atoms with Crippen molar-refractivity contribution in [3.8, 4) is 0 Å². The number of pyridine rings is 1.